The number of aromatic nitrogens is 2. The molecule has 0 unspecified atom stereocenters. The Balaban J connectivity index is 1.34. The van der Waals surface area contributed by atoms with Crippen molar-refractivity contribution in [1.29, 1.82) is 0 Å². The number of rotatable bonds is 9. The van der Waals surface area contributed by atoms with Gasteiger partial charge in [0.15, 0.2) is 5.13 Å². The Kier molecular flexibility index (Phi) is 6.98. The van der Waals surface area contributed by atoms with E-state index in [2.05, 4.69) is 15.6 Å². The molecule has 2 N–H and O–H groups in total. The Morgan fingerprint density at radius 2 is 1.94 bits per heavy atom. The largest absolute Gasteiger partial charge is 0.356 e. The van der Waals surface area contributed by atoms with Crippen molar-refractivity contribution in [1.82, 2.24) is 14.9 Å². The highest BCUT2D eigenvalue weighted by Crippen LogP contribution is 2.26. The second kappa shape index (κ2) is 10.3. The molecular formula is C24H23N5O4S. The van der Waals surface area contributed by atoms with Gasteiger partial charge in [-0.1, -0.05) is 24.3 Å². The van der Waals surface area contributed by atoms with Gasteiger partial charge >= 0.3 is 0 Å². The fourth-order valence-electron chi connectivity index (χ4n) is 3.62. The summed E-state index contributed by atoms with van der Waals surface area (Å²) in [5.74, 6) is -0.249. The van der Waals surface area contributed by atoms with Gasteiger partial charge in [0, 0.05) is 53.6 Å². The number of nitrogens with one attached hydrogen (secondary N) is 2. The third-order valence-corrected chi connectivity index (χ3v) is 6.05. The highest BCUT2D eigenvalue weighted by atomic mass is 32.1. The summed E-state index contributed by atoms with van der Waals surface area (Å²) < 4.78 is 1.74. The van der Waals surface area contributed by atoms with E-state index in [0.29, 0.717) is 17.1 Å². The quantitative estimate of drug-likeness (QED) is 0.211. The number of nitrogens with zero attached hydrogens (tertiary/aromatic N) is 3. The monoisotopic (exact) mass is 477 g/mol. The number of aryl methyl sites for hydroxylation is 1. The van der Waals surface area contributed by atoms with Crippen LogP contribution in [0.5, 0.6) is 0 Å². The molecule has 0 fully saturated rings. The van der Waals surface area contributed by atoms with Crippen LogP contribution in [0.3, 0.4) is 0 Å². The smallest absolute Gasteiger partial charge is 0.270 e. The minimum Gasteiger partial charge on any atom is -0.356 e. The molecule has 2 amide bonds. The van der Waals surface area contributed by atoms with E-state index in [9.17, 15) is 19.7 Å². The summed E-state index contributed by atoms with van der Waals surface area (Å²) in [4.78, 5) is 38.5. The zero-order chi connectivity index (χ0) is 24.1. The Morgan fingerprint density at radius 1 is 1.15 bits per heavy atom. The van der Waals surface area contributed by atoms with Gasteiger partial charge in [-0.05, 0) is 30.5 Å². The van der Waals surface area contributed by atoms with E-state index < -0.39 is 4.92 Å². The fourth-order valence-corrected chi connectivity index (χ4v) is 4.35. The number of benzene rings is 2. The highest BCUT2D eigenvalue weighted by Gasteiger charge is 2.12. The number of hydrogen-bond donors (Lipinski definition) is 2. The number of amides is 2. The molecular weight excluding hydrogens is 454 g/mol. The van der Waals surface area contributed by atoms with Gasteiger partial charge in [0.05, 0.1) is 10.6 Å². The van der Waals surface area contributed by atoms with E-state index >= 15 is 0 Å². The summed E-state index contributed by atoms with van der Waals surface area (Å²) in [5, 5.41) is 19.7. The number of non-ortho nitro benzene ring substituents is 1. The summed E-state index contributed by atoms with van der Waals surface area (Å²) in [7, 11) is 0. The minimum absolute atomic E-state index is 0.0167. The van der Waals surface area contributed by atoms with Gasteiger partial charge in [-0.2, -0.15) is 0 Å². The molecule has 0 spiro atoms. The van der Waals surface area contributed by atoms with Crippen LogP contribution in [0.2, 0.25) is 0 Å². The van der Waals surface area contributed by atoms with Crippen LogP contribution in [0.1, 0.15) is 18.9 Å². The van der Waals surface area contributed by atoms with E-state index in [1.807, 2.05) is 29.6 Å². The van der Waals surface area contributed by atoms with Crippen molar-refractivity contribution in [2.24, 2.45) is 0 Å². The Labute approximate surface area is 199 Å². The number of carbonyl (C=O) groups is 2. The van der Waals surface area contributed by atoms with Crippen molar-refractivity contribution >= 4 is 44.9 Å². The van der Waals surface area contributed by atoms with Crippen molar-refractivity contribution in [2.75, 3.05) is 11.9 Å². The molecule has 0 radical (unpaired) electrons. The predicted molar refractivity (Wildman–Crippen MR) is 132 cm³/mol. The highest BCUT2D eigenvalue weighted by molar-refractivity contribution is 7.14. The molecule has 0 aliphatic carbocycles. The maximum absolute atomic E-state index is 12.6. The van der Waals surface area contributed by atoms with Gasteiger partial charge in [0.2, 0.25) is 11.8 Å². The Bertz CT molecular complexity index is 1340. The summed E-state index contributed by atoms with van der Waals surface area (Å²) in [5.41, 5.74) is 3.69. The first-order valence-electron chi connectivity index (χ1n) is 10.7. The molecule has 10 heteroatoms. The number of hydrogen-bond acceptors (Lipinski definition) is 6. The molecule has 0 atom stereocenters. The topological polar surface area (TPSA) is 119 Å². The number of nitro groups is 1. The van der Waals surface area contributed by atoms with Crippen molar-refractivity contribution < 1.29 is 14.5 Å². The molecule has 34 heavy (non-hydrogen) atoms. The third-order valence-electron chi connectivity index (χ3n) is 5.30. The van der Waals surface area contributed by atoms with E-state index in [0.717, 1.165) is 29.6 Å². The van der Waals surface area contributed by atoms with Crippen LogP contribution in [0.25, 0.3) is 22.2 Å². The number of carbonyl (C=O) groups excluding carboxylic acids is 2. The van der Waals surface area contributed by atoms with Crippen LogP contribution in [0, 0.1) is 10.1 Å². The maximum Gasteiger partial charge on any atom is 0.270 e. The molecule has 0 aliphatic heterocycles. The Hall–Kier alpha value is -4.05. The maximum atomic E-state index is 12.6. The second-order valence-electron chi connectivity index (χ2n) is 7.81. The van der Waals surface area contributed by atoms with Crippen LogP contribution < -0.4 is 10.6 Å². The summed E-state index contributed by atoms with van der Waals surface area (Å²) in [6.45, 7) is 2.24. The first-order chi connectivity index (χ1) is 16.4. The van der Waals surface area contributed by atoms with Gasteiger partial charge in [0.1, 0.15) is 6.54 Å². The molecule has 0 bridgehead atoms. The van der Waals surface area contributed by atoms with Crippen molar-refractivity contribution in [3.8, 4) is 11.3 Å². The van der Waals surface area contributed by atoms with Gasteiger partial charge < -0.3 is 15.2 Å². The first kappa shape index (κ1) is 23.1. The van der Waals surface area contributed by atoms with Crippen molar-refractivity contribution in [3.05, 3.63) is 75.8 Å². The molecule has 0 saturated carbocycles. The van der Waals surface area contributed by atoms with Gasteiger partial charge in [0.25, 0.3) is 5.69 Å². The normalized spacial score (nSPS) is 10.9. The zero-order valence-corrected chi connectivity index (χ0v) is 19.3. The lowest BCUT2D eigenvalue weighted by molar-refractivity contribution is -0.384. The van der Waals surface area contributed by atoms with Crippen molar-refractivity contribution in [3.63, 3.8) is 0 Å². The molecule has 0 aliphatic rings. The third kappa shape index (κ3) is 5.65. The lowest BCUT2D eigenvalue weighted by Crippen LogP contribution is -2.21. The second-order valence-corrected chi connectivity index (χ2v) is 8.67. The predicted octanol–water partition coefficient (Wildman–Crippen LogP) is 4.38. The summed E-state index contributed by atoms with van der Waals surface area (Å²) >= 11 is 1.35. The molecule has 2 heterocycles. The molecule has 4 rings (SSSR count). The molecule has 0 saturated heterocycles. The van der Waals surface area contributed by atoms with Gasteiger partial charge in [-0.15, -0.1) is 11.3 Å². The SMILES string of the molecule is CC(=O)NCCCc1ccc(-c2csc(NC(=O)Cn3ccc4cc([N+](=O)[O-])ccc43)n2)cc1. The van der Waals surface area contributed by atoms with Gasteiger partial charge in [-0.25, -0.2) is 4.98 Å². The minimum atomic E-state index is -0.439. The molecule has 2 aromatic heterocycles. The molecule has 9 nitrogen and oxygen atoms in total. The van der Waals surface area contributed by atoms with E-state index in [1.54, 1.807) is 22.9 Å². The van der Waals surface area contributed by atoms with Crippen LogP contribution >= 0.6 is 11.3 Å². The standard InChI is InChI=1S/C24H23N5O4S/c1-16(30)25-11-2-3-17-4-6-18(7-5-17)21-15-34-24(26-21)27-23(31)14-28-12-10-19-13-20(29(32)33)8-9-22(19)28/h4-10,12-13,15H,2-3,11,14H2,1H3,(H,25,30)(H,26,27,31). The number of anilines is 1. The number of nitro benzene ring substituents is 1. The van der Waals surface area contributed by atoms with Crippen molar-refractivity contribution in [2.45, 2.75) is 26.3 Å². The molecule has 4 aromatic rings. The molecule has 2 aromatic carbocycles. The first-order valence-corrected chi connectivity index (χ1v) is 11.6. The number of thiazole rings is 1. The lowest BCUT2D eigenvalue weighted by Gasteiger charge is -2.05. The fraction of sp³-hybridized carbons (Fsp3) is 0.208. The van der Waals surface area contributed by atoms with E-state index in [1.165, 1.54) is 36.0 Å². The van der Waals surface area contributed by atoms with Crippen LogP contribution in [0.15, 0.2) is 60.1 Å². The number of fused-ring (bicyclic) bond motifs is 1. The lowest BCUT2D eigenvalue weighted by atomic mass is 10.1. The average molecular weight is 478 g/mol. The van der Waals surface area contributed by atoms with Gasteiger partial charge in [-0.3, -0.25) is 19.7 Å². The summed E-state index contributed by atoms with van der Waals surface area (Å²) in [6, 6.07) is 14.4. The van der Waals surface area contributed by atoms with E-state index in [4.69, 9.17) is 0 Å². The van der Waals surface area contributed by atoms with Crippen LogP contribution in [0.4, 0.5) is 10.8 Å². The van der Waals surface area contributed by atoms with E-state index in [-0.39, 0.29) is 24.0 Å². The average Bonchev–Trinajstić information content (AvgIpc) is 3.44. The molecule has 174 valence electrons. The Morgan fingerprint density at radius 3 is 2.68 bits per heavy atom. The summed E-state index contributed by atoms with van der Waals surface area (Å²) in [6.07, 6.45) is 3.48. The van der Waals surface area contributed by atoms with Crippen LogP contribution in [-0.2, 0) is 22.6 Å². The van der Waals surface area contributed by atoms with Crippen LogP contribution in [-0.4, -0.2) is 32.8 Å². The zero-order valence-electron chi connectivity index (χ0n) is 18.5.